The number of primary sulfonamides is 1. The molecule has 0 saturated heterocycles. The molecule has 4 N–H and O–H groups in total. The van der Waals surface area contributed by atoms with Crippen LogP contribution in [0.3, 0.4) is 0 Å². The van der Waals surface area contributed by atoms with E-state index >= 15 is 0 Å². The monoisotopic (exact) mass is 672 g/mol. The molecule has 0 fully saturated rings. The van der Waals surface area contributed by atoms with Crippen molar-refractivity contribution in [3.8, 4) is 45.4 Å². The van der Waals surface area contributed by atoms with E-state index in [9.17, 15) is 17.2 Å². The third-order valence-electron chi connectivity index (χ3n) is 7.38. The number of methoxy groups -OCH3 is 2. The van der Waals surface area contributed by atoms with Crippen LogP contribution < -0.4 is 14.6 Å². The first-order valence-corrected chi connectivity index (χ1v) is 16.6. The topological polar surface area (TPSA) is 201 Å². The summed E-state index contributed by atoms with van der Waals surface area (Å²) in [6.07, 6.45) is 1.67. The molecule has 6 aromatic rings. The number of H-pyrrole nitrogens is 1. The molecule has 16 heteroatoms. The zero-order valence-corrected chi connectivity index (χ0v) is 26.7. The molecule has 0 aliphatic heterocycles. The van der Waals surface area contributed by atoms with Gasteiger partial charge in [0.05, 0.1) is 25.7 Å². The second kappa shape index (κ2) is 13.2. The van der Waals surface area contributed by atoms with Crippen LogP contribution in [0.1, 0.15) is 16.7 Å². The highest BCUT2D eigenvalue weighted by atomic mass is 32.2. The van der Waals surface area contributed by atoms with Gasteiger partial charge in [0.2, 0.25) is 15.8 Å². The molecule has 1 atom stereocenters. The van der Waals surface area contributed by atoms with Crippen molar-refractivity contribution in [1.29, 1.82) is 0 Å². The van der Waals surface area contributed by atoms with Crippen LogP contribution in [0.4, 0.5) is 0 Å². The molecule has 47 heavy (non-hydrogen) atoms. The van der Waals surface area contributed by atoms with Crippen molar-refractivity contribution in [2.24, 2.45) is 5.14 Å². The van der Waals surface area contributed by atoms with Crippen molar-refractivity contribution in [2.75, 3.05) is 14.2 Å². The van der Waals surface area contributed by atoms with Crippen molar-refractivity contribution < 1.29 is 26.7 Å². The molecule has 0 amide bonds. The minimum Gasteiger partial charge on any atom is -0.497 e. The summed E-state index contributed by atoms with van der Waals surface area (Å²) < 4.78 is 59.4. The van der Waals surface area contributed by atoms with E-state index in [1.807, 2.05) is 48.5 Å². The lowest BCUT2D eigenvalue weighted by Crippen LogP contribution is -2.16. The van der Waals surface area contributed by atoms with Crippen LogP contribution in [0.25, 0.3) is 33.9 Å². The lowest BCUT2D eigenvalue weighted by atomic mass is 9.92. The molecule has 0 aliphatic rings. The standard InChI is InChI=1S/C31H28N8O6S2/c1-44-22-8-3-19(4-9-22)15-21-7-13-26(29(47(32,42)43)28(21)31-33-18-34-35-31)25-14-12-24(46(40)41)16-27(25)30-36-38-39(37-30)17-20-5-10-23(45-2)11-6-20/h3-14,16,18H,15,17H2,1-2H3,(H,40,41)(H2,32,42,43)(H,33,34,35). The predicted octanol–water partition coefficient (Wildman–Crippen LogP) is 3.68. The van der Waals surface area contributed by atoms with Gasteiger partial charge in [-0.05, 0) is 70.3 Å². The first kappa shape index (κ1) is 31.7. The van der Waals surface area contributed by atoms with E-state index in [2.05, 4.69) is 30.6 Å². The summed E-state index contributed by atoms with van der Waals surface area (Å²) in [6, 6.07) is 22.5. The largest absolute Gasteiger partial charge is 0.497 e. The molecule has 0 radical (unpaired) electrons. The SMILES string of the molecule is COc1ccc(Cc2ccc(-c3ccc(S(=O)O)cc3-c3nnn(Cc4ccc(OC)cc4)n3)c(S(N)(=O)=O)c2-c2nc[nH]n2)cc1. The number of nitrogens with two attached hydrogens (primary N) is 1. The van der Waals surface area contributed by atoms with Crippen molar-refractivity contribution in [3.63, 3.8) is 0 Å². The van der Waals surface area contributed by atoms with E-state index < -0.39 is 21.1 Å². The first-order chi connectivity index (χ1) is 22.6. The number of rotatable bonds is 11. The zero-order valence-electron chi connectivity index (χ0n) is 25.1. The van der Waals surface area contributed by atoms with Crippen LogP contribution in [0.2, 0.25) is 0 Å². The Bertz CT molecular complexity index is 2170. The van der Waals surface area contributed by atoms with Crippen LogP contribution in [0, 0.1) is 0 Å². The Balaban J connectivity index is 1.51. The fourth-order valence-corrected chi connectivity index (χ4v) is 6.57. The highest BCUT2D eigenvalue weighted by molar-refractivity contribution is 7.89. The fourth-order valence-electron chi connectivity index (χ4n) is 5.18. The molecule has 0 spiro atoms. The number of ether oxygens (including phenoxy) is 2. The van der Waals surface area contributed by atoms with Gasteiger partial charge < -0.3 is 14.0 Å². The van der Waals surface area contributed by atoms with Gasteiger partial charge in [-0.1, -0.05) is 42.5 Å². The lowest BCUT2D eigenvalue weighted by Gasteiger charge is -2.18. The van der Waals surface area contributed by atoms with E-state index in [1.54, 1.807) is 26.4 Å². The Morgan fingerprint density at radius 3 is 2.13 bits per heavy atom. The number of sulfonamides is 1. The summed E-state index contributed by atoms with van der Waals surface area (Å²) in [6.45, 7) is 0.273. The summed E-state index contributed by atoms with van der Waals surface area (Å²) in [5.41, 5.74) is 3.35. The number of hydrogen-bond donors (Lipinski definition) is 3. The summed E-state index contributed by atoms with van der Waals surface area (Å²) in [7, 11) is -1.27. The summed E-state index contributed by atoms with van der Waals surface area (Å²) in [4.78, 5) is 5.46. The highest BCUT2D eigenvalue weighted by Gasteiger charge is 2.28. The molecule has 6 rings (SSSR count). The van der Waals surface area contributed by atoms with Gasteiger partial charge in [-0.2, -0.15) is 9.90 Å². The highest BCUT2D eigenvalue weighted by Crippen LogP contribution is 2.41. The molecule has 0 bridgehead atoms. The number of aromatic nitrogens is 7. The Hall–Kier alpha value is -5.29. The van der Waals surface area contributed by atoms with Gasteiger partial charge in [0.25, 0.3) is 0 Å². The quantitative estimate of drug-likeness (QED) is 0.170. The van der Waals surface area contributed by atoms with Gasteiger partial charge in [0.15, 0.2) is 16.9 Å². The molecule has 4 aromatic carbocycles. The van der Waals surface area contributed by atoms with Gasteiger partial charge in [-0.25, -0.2) is 22.7 Å². The molecule has 240 valence electrons. The third-order valence-corrected chi connectivity index (χ3v) is 9.03. The maximum atomic E-state index is 13.5. The molecular weight excluding hydrogens is 645 g/mol. The first-order valence-electron chi connectivity index (χ1n) is 14.0. The molecule has 2 heterocycles. The summed E-state index contributed by atoms with van der Waals surface area (Å²) in [5.74, 6) is 1.60. The van der Waals surface area contributed by atoms with Crippen molar-refractivity contribution in [3.05, 3.63) is 102 Å². The van der Waals surface area contributed by atoms with E-state index in [0.29, 0.717) is 29.0 Å². The summed E-state index contributed by atoms with van der Waals surface area (Å²) in [5, 5.41) is 25.7. The van der Waals surface area contributed by atoms with Gasteiger partial charge >= 0.3 is 0 Å². The molecule has 14 nitrogen and oxygen atoms in total. The average Bonchev–Trinajstić information content (AvgIpc) is 3.78. The lowest BCUT2D eigenvalue weighted by molar-refractivity contribution is 0.414. The van der Waals surface area contributed by atoms with Crippen molar-refractivity contribution in [2.45, 2.75) is 22.8 Å². The second-order valence-electron chi connectivity index (χ2n) is 10.3. The van der Waals surface area contributed by atoms with Crippen LogP contribution in [-0.4, -0.2) is 66.8 Å². The van der Waals surface area contributed by atoms with Crippen molar-refractivity contribution >= 4 is 21.1 Å². The third kappa shape index (κ3) is 6.80. The fraction of sp³-hybridized carbons (Fsp3) is 0.129. The Kier molecular flexibility index (Phi) is 8.91. The zero-order chi connectivity index (χ0) is 33.1. The normalized spacial score (nSPS) is 12.2. The Morgan fingerprint density at radius 1 is 0.872 bits per heavy atom. The molecular formula is C31H28N8O6S2. The Labute approximate surface area is 271 Å². The maximum Gasteiger partial charge on any atom is 0.239 e. The van der Waals surface area contributed by atoms with E-state index in [0.717, 1.165) is 11.1 Å². The minimum absolute atomic E-state index is 0.0535. The number of nitrogens with zero attached hydrogens (tertiary/aromatic N) is 6. The maximum absolute atomic E-state index is 13.5. The van der Waals surface area contributed by atoms with Crippen molar-refractivity contribution in [1.82, 2.24) is 35.4 Å². The molecule has 0 aliphatic carbocycles. The molecule has 1 unspecified atom stereocenters. The van der Waals surface area contributed by atoms with E-state index in [1.165, 1.54) is 29.3 Å². The van der Waals surface area contributed by atoms with Crippen LogP contribution in [0.5, 0.6) is 11.5 Å². The number of nitrogens with one attached hydrogen (secondary N) is 1. The predicted molar refractivity (Wildman–Crippen MR) is 172 cm³/mol. The number of benzene rings is 4. The number of hydrogen-bond acceptors (Lipinski definition) is 10. The molecule has 0 saturated carbocycles. The number of aromatic amines is 1. The van der Waals surface area contributed by atoms with Crippen LogP contribution in [0.15, 0.2) is 95.0 Å². The van der Waals surface area contributed by atoms with Gasteiger partial charge in [0, 0.05) is 16.7 Å². The van der Waals surface area contributed by atoms with Gasteiger partial charge in [-0.3, -0.25) is 5.10 Å². The van der Waals surface area contributed by atoms with E-state index in [4.69, 9.17) is 14.6 Å². The minimum atomic E-state index is -4.43. The second-order valence-corrected chi connectivity index (χ2v) is 12.8. The average molecular weight is 673 g/mol. The summed E-state index contributed by atoms with van der Waals surface area (Å²) >= 11 is -2.36. The smallest absolute Gasteiger partial charge is 0.239 e. The van der Waals surface area contributed by atoms with Gasteiger partial charge in [-0.15, -0.1) is 10.2 Å². The Morgan fingerprint density at radius 2 is 1.53 bits per heavy atom. The van der Waals surface area contributed by atoms with Crippen LogP contribution >= 0.6 is 0 Å². The molecule has 2 aromatic heterocycles. The van der Waals surface area contributed by atoms with Crippen LogP contribution in [-0.2, 0) is 34.1 Å². The van der Waals surface area contributed by atoms with E-state index in [-0.39, 0.29) is 44.7 Å². The number of tetrazole rings is 1. The van der Waals surface area contributed by atoms with Gasteiger partial charge in [0.1, 0.15) is 22.7 Å².